The van der Waals surface area contributed by atoms with Crippen LogP contribution in [-0.2, 0) is 0 Å². The Balaban J connectivity index is 1.95. The summed E-state index contributed by atoms with van der Waals surface area (Å²) in [5.41, 5.74) is 1.29. The Bertz CT molecular complexity index is 150. The smallest absolute Gasteiger partial charge is 0.0137 e. The summed E-state index contributed by atoms with van der Waals surface area (Å²) in [6, 6.07) is 0.798. The first-order valence-corrected chi connectivity index (χ1v) is 6.40. The van der Waals surface area contributed by atoms with Crippen LogP contribution in [0.3, 0.4) is 0 Å². The molecule has 1 saturated heterocycles. The molecule has 0 amide bonds. The predicted molar refractivity (Wildman–Crippen MR) is 62.4 cm³/mol. The molecule has 1 atom stereocenters. The van der Waals surface area contributed by atoms with Gasteiger partial charge in [-0.3, -0.25) is 0 Å². The SMILES string of the molecule is C=C(C)CSCCC1CCCCN1. The molecule has 0 saturated carbocycles. The second-order valence-electron chi connectivity index (χ2n) is 3.95. The lowest BCUT2D eigenvalue weighted by Crippen LogP contribution is -2.34. The molecule has 1 fully saturated rings. The molecule has 0 aromatic carbocycles. The highest BCUT2D eigenvalue weighted by atomic mass is 32.2. The molecular formula is C11H21NS. The van der Waals surface area contributed by atoms with E-state index in [2.05, 4.69) is 18.8 Å². The third-order valence-corrected chi connectivity index (χ3v) is 3.59. The minimum atomic E-state index is 0.798. The molecule has 1 unspecified atom stereocenters. The zero-order chi connectivity index (χ0) is 9.52. The van der Waals surface area contributed by atoms with Crippen LogP contribution in [0.15, 0.2) is 12.2 Å². The van der Waals surface area contributed by atoms with E-state index in [0.29, 0.717) is 0 Å². The molecule has 0 bridgehead atoms. The first-order valence-electron chi connectivity index (χ1n) is 5.24. The minimum absolute atomic E-state index is 0.798. The summed E-state index contributed by atoms with van der Waals surface area (Å²) in [6.07, 6.45) is 5.50. The lowest BCUT2D eigenvalue weighted by molar-refractivity contribution is 0.395. The topological polar surface area (TPSA) is 12.0 Å². The Morgan fingerprint density at radius 3 is 3.00 bits per heavy atom. The van der Waals surface area contributed by atoms with E-state index >= 15 is 0 Å². The minimum Gasteiger partial charge on any atom is -0.314 e. The van der Waals surface area contributed by atoms with Gasteiger partial charge in [0.15, 0.2) is 0 Å². The zero-order valence-electron chi connectivity index (χ0n) is 8.64. The maximum absolute atomic E-state index is 3.90. The first kappa shape index (κ1) is 11.1. The molecule has 1 N–H and O–H groups in total. The van der Waals surface area contributed by atoms with E-state index in [1.165, 1.54) is 43.6 Å². The van der Waals surface area contributed by atoms with E-state index in [0.717, 1.165) is 11.8 Å². The first-order chi connectivity index (χ1) is 6.29. The van der Waals surface area contributed by atoms with Gasteiger partial charge in [-0.1, -0.05) is 18.6 Å². The van der Waals surface area contributed by atoms with Crippen molar-refractivity contribution in [3.05, 3.63) is 12.2 Å². The number of nitrogens with one attached hydrogen (secondary N) is 1. The molecule has 0 spiro atoms. The van der Waals surface area contributed by atoms with E-state index in [4.69, 9.17) is 0 Å². The Morgan fingerprint density at radius 1 is 1.54 bits per heavy atom. The molecular weight excluding hydrogens is 178 g/mol. The average molecular weight is 199 g/mol. The Labute approximate surface area is 86.4 Å². The van der Waals surface area contributed by atoms with Crippen LogP contribution >= 0.6 is 11.8 Å². The van der Waals surface area contributed by atoms with Crippen molar-refractivity contribution >= 4 is 11.8 Å². The quantitative estimate of drug-likeness (QED) is 0.540. The summed E-state index contributed by atoms with van der Waals surface area (Å²) in [7, 11) is 0. The number of rotatable bonds is 5. The van der Waals surface area contributed by atoms with Crippen LogP contribution < -0.4 is 5.32 Å². The summed E-state index contributed by atoms with van der Waals surface area (Å²) in [6.45, 7) is 7.24. The van der Waals surface area contributed by atoms with E-state index in [1.54, 1.807) is 0 Å². The van der Waals surface area contributed by atoms with Gasteiger partial charge in [0.25, 0.3) is 0 Å². The van der Waals surface area contributed by atoms with Crippen molar-refractivity contribution in [3.63, 3.8) is 0 Å². The van der Waals surface area contributed by atoms with E-state index in [-0.39, 0.29) is 0 Å². The maximum atomic E-state index is 3.90. The molecule has 76 valence electrons. The molecule has 0 aromatic rings. The Morgan fingerprint density at radius 2 is 2.38 bits per heavy atom. The molecule has 1 rings (SSSR count). The summed E-state index contributed by atoms with van der Waals surface area (Å²) in [5, 5.41) is 3.57. The standard InChI is InChI=1S/C11H21NS/c1-10(2)9-13-8-6-11-5-3-4-7-12-11/h11-12H,1,3-9H2,2H3. The average Bonchev–Trinajstić information content (AvgIpc) is 2.14. The summed E-state index contributed by atoms with van der Waals surface area (Å²) >= 11 is 2.02. The number of piperidine rings is 1. The summed E-state index contributed by atoms with van der Waals surface area (Å²) in [5.74, 6) is 2.41. The van der Waals surface area contributed by atoms with Gasteiger partial charge in [0.05, 0.1) is 0 Å². The van der Waals surface area contributed by atoms with Crippen LogP contribution in [-0.4, -0.2) is 24.1 Å². The van der Waals surface area contributed by atoms with Gasteiger partial charge in [0, 0.05) is 11.8 Å². The highest BCUT2D eigenvalue weighted by Crippen LogP contribution is 2.14. The molecule has 1 aliphatic rings. The zero-order valence-corrected chi connectivity index (χ0v) is 9.46. The van der Waals surface area contributed by atoms with Gasteiger partial charge in [0.1, 0.15) is 0 Å². The van der Waals surface area contributed by atoms with Gasteiger partial charge in [-0.2, -0.15) is 11.8 Å². The van der Waals surface area contributed by atoms with Crippen molar-refractivity contribution in [2.75, 3.05) is 18.1 Å². The molecule has 2 heteroatoms. The normalized spacial score (nSPS) is 23.0. The highest BCUT2D eigenvalue weighted by molar-refractivity contribution is 7.99. The van der Waals surface area contributed by atoms with Crippen LogP contribution in [0.1, 0.15) is 32.6 Å². The fourth-order valence-electron chi connectivity index (χ4n) is 1.64. The van der Waals surface area contributed by atoms with E-state index < -0.39 is 0 Å². The molecule has 1 aliphatic heterocycles. The molecule has 0 aliphatic carbocycles. The molecule has 1 nitrogen and oxygen atoms in total. The van der Waals surface area contributed by atoms with Gasteiger partial charge >= 0.3 is 0 Å². The van der Waals surface area contributed by atoms with Crippen molar-refractivity contribution < 1.29 is 0 Å². The van der Waals surface area contributed by atoms with Crippen molar-refractivity contribution in [3.8, 4) is 0 Å². The van der Waals surface area contributed by atoms with Crippen LogP contribution in [0.4, 0.5) is 0 Å². The lowest BCUT2D eigenvalue weighted by atomic mass is 10.0. The van der Waals surface area contributed by atoms with Crippen LogP contribution in [0.25, 0.3) is 0 Å². The summed E-state index contributed by atoms with van der Waals surface area (Å²) < 4.78 is 0. The van der Waals surface area contributed by atoms with Gasteiger partial charge in [-0.15, -0.1) is 0 Å². The van der Waals surface area contributed by atoms with Crippen LogP contribution in [0, 0.1) is 0 Å². The van der Waals surface area contributed by atoms with Crippen molar-refractivity contribution in [1.29, 1.82) is 0 Å². The Kier molecular flexibility index (Phi) is 5.56. The maximum Gasteiger partial charge on any atom is 0.0137 e. The van der Waals surface area contributed by atoms with Crippen LogP contribution in [0.2, 0.25) is 0 Å². The number of thioether (sulfide) groups is 1. The van der Waals surface area contributed by atoms with Gasteiger partial charge in [-0.25, -0.2) is 0 Å². The monoisotopic (exact) mass is 199 g/mol. The van der Waals surface area contributed by atoms with Crippen molar-refractivity contribution in [1.82, 2.24) is 5.32 Å². The fourth-order valence-corrected chi connectivity index (χ4v) is 2.59. The van der Waals surface area contributed by atoms with Crippen molar-refractivity contribution in [2.24, 2.45) is 0 Å². The number of hydrogen-bond donors (Lipinski definition) is 1. The van der Waals surface area contributed by atoms with E-state index in [1.807, 2.05) is 11.8 Å². The number of hydrogen-bond acceptors (Lipinski definition) is 2. The molecule has 0 radical (unpaired) electrons. The summed E-state index contributed by atoms with van der Waals surface area (Å²) in [4.78, 5) is 0. The molecule has 1 heterocycles. The molecule has 0 aromatic heterocycles. The molecule has 13 heavy (non-hydrogen) atoms. The second-order valence-corrected chi connectivity index (χ2v) is 5.05. The van der Waals surface area contributed by atoms with Crippen LogP contribution in [0.5, 0.6) is 0 Å². The third-order valence-electron chi connectivity index (χ3n) is 2.37. The van der Waals surface area contributed by atoms with Gasteiger partial charge in [0.2, 0.25) is 0 Å². The lowest BCUT2D eigenvalue weighted by Gasteiger charge is -2.23. The Hall–Kier alpha value is 0.0500. The van der Waals surface area contributed by atoms with Gasteiger partial charge in [-0.05, 0) is 38.5 Å². The highest BCUT2D eigenvalue weighted by Gasteiger charge is 2.11. The third kappa shape index (κ3) is 5.37. The second kappa shape index (κ2) is 6.50. The van der Waals surface area contributed by atoms with Crippen molar-refractivity contribution in [2.45, 2.75) is 38.6 Å². The largest absolute Gasteiger partial charge is 0.314 e. The van der Waals surface area contributed by atoms with E-state index in [9.17, 15) is 0 Å². The fraction of sp³-hybridized carbons (Fsp3) is 0.818. The predicted octanol–water partition coefficient (Wildman–Crippen LogP) is 2.83. The van der Waals surface area contributed by atoms with Gasteiger partial charge < -0.3 is 5.32 Å².